The van der Waals surface area contributed by atoms with Gasteiger partial charge in [0.15, 0.2) is 0 Å². The molecular weight excluding hydrogens is 840 g/mol. The molecule has 4 nitrogen and oxygen atoms in total. The average Bonchev–Trinajstić information content (AvgIpc) is 3.30. The van der Waals surface area contributed by atoms with Gasteiger partial charge in [0, 0.05) is 29.6 Å². The maximum absolute atomic E-state index is 12.1. The molecule has 0 N–H and O–H groups in total. The molecule has 6 heteroatoms. The van der Waals surface area contributed by atoms with Gasteiger partial charge in [0.1, 0.15) is 0 Å². The molecule has 393 valence electrons. The summed E-state index contributed by atoms with van der Waals surface area (Å²) < 4.78 is 34.4. The van der Waals surface area contributed by atoms with Crippen molar-refractivity contribution in [2.75, 3.05) is 13.2 Å². The van der Waals surface area contributed by atoms with Crippen molar-refractivity contribution in [1.29, 1.82) is 0 Å². The van der Waals surface area contributed by atoms with Crippen molar-refractivity contribution in [1.82, 2.24) is 0 Å². The predicted molar refractivity (Wildman–Crippen MR) is 296 cm³/mol. The molecule has 1 radical (unpaired) electrons. The van der Waals surface area contributed by atoms with Gasteiger partial charge in [-0.3, -0.25) is 0 Å². The van der Waals surface area contributed by atoms with Gasteiger partial charge in [0.25, 0.3) is 0 Å². The minimum Gasteiger partial charge on any atom is -0.248 e. The van der Waals surface area contributed by atoms with E-state index in [1.807, 2.05) is 0 Å². The van der Waals surface area contributed by atoms with Gasteiger partial charge in [-0.25, -0.2) is 8.37 Å². The van der Waals surface area contributed by atoms with Crippen LogP contribution in [0.5, 0.6) is 0 Å². The summed E-state index contributed by atoms with van der Waals surface area (Å²) in [6, 6.07) is 0. The number of rotatable bonds is 60. The first-order valence-corrected chi connectivity index (χ1v) is 32.0. The summed E-state index contributed by atoms with van der Waals surface area (Å²) in [5, 5.41) is 0. The molecule has 0 aromatic heterocycles. The molecule has 0 heterocycles. The summed E-state index contributed by atoms with van der Waals surface area (Å²) in [4.78, 5) is 0. The van der Waals surface area contributed by atoms with Crippen LogP contribution in [-0.2, 0) is 18.8 Å². The van der Waals surface area contributed by atoms with Gasteiger partial charge in [0.2, 0.25) is 0 Å². The van der Waals surface area contributed by atoms with E-state index in [0.29, 0.717) is 0 Å². The van der Waals surface area contributed by atoms with Crippen LogP contribution >= 0.6 is 0 Å². The van der Waals surface area contributed by atoms with E-state index in [-0.39, 0.29) is 42.8 Å². The quantitative estimate of drug-likeness (QED) is 0.0450. The average molecular weight is 963 g/mol. The van der Waals surface area contributed by atoms with Crippen LogP contribution in [-0.4, -0.2) is 51.2 Å². The second kappa shape index (κ2) is 62.0. The molecule has 0 amide bonds. The van der Waals surface area contributed by atoms with E-state index in [9.17, 15) is 8.42 Å². The molecule has 0 saturated heterocycles. The van der Waals surface area contributed by atoms with Crippen molar-refractivity contribution in [3.63, 3.8) is 0 Å². The second-order valence-corrected chi connectivity index (χ2v) is 22.4. The van der Waals surface area contributed by atoms with E-state index in [1.54, 1.807) is 0 Å². The van der Waals surface area contributed by atoms with Crippen LogP contribution in [0.2, 0.25) is 0 Å². The van der Waals surface area contributed by atoms with E-state index in [4.69, 9.17) is 8.37 Å². The van der Waals surface area contributed by atoms with E-state index >= 15 is 0 Å². The minimum absolute atomic E-state index is 0. The molecule has 0 rings (SSSR count). The Morgan fingerprint density at radius 3 is 0.424 bits per heavy atom. The van der Waals surface area contributed by atoms with Gasteiger partial charge in [0.05, 0.1) is 13.2 Å². The van der Waals surface area contributed by atoms with Crippen LogP contribution in [0.4, 0.5) is 0 Å². The molecule has 0 spiro atoms. The molecule has 0 aliphatic rings. The summed E-state index contributed by atoms with van der Waals surface area (Å²) in [6.45, 7) is 5.11. The largest absolute Gasteiger partial charge is 0.399 e. The van der Waals surface area contributed by atoms with Crippen LogP contribution in [0.15, 0.2) is 0 Å². The van der Waals surface area contributed by atoms with Gasteiger partial charge in [-0.1, -0.05) is 361 Å². The number of unbranched alkanes of at least 4 members (excludes halogenated alkanes) is 54. The molecule has 0 fully saturated rings. The molecule has 0 bridgehead atoms. The zero-order valence-electron chi connectivity index (χ0n) is 46.1. The molecule has 0 aliphatic heterocycles. The summed E-state index contributed by atoms with van der Waals surface area (Å²) in [6.07, 6.45) is 77.3. The van der Waals surface area contributed by atoms with Crippen LogP contribution < -0.4 is 0 Å². The Morgan fingerprint density at radius 1 is 0.197 bits per heavy atom. The molecule has 0 atom stereocenters. The summed E-state index contributed by atoms with van der Waals surface area (Å²) >= 11 is 0. The van der Waals surface area contributed by atoms with E-state index in [1.165, 1.54) is 334 Å². The smallest absolute Gasteiger partial charge is 0.248 e. The first-order chi connectivity index (χ1) is 32.1. The summed E-state index contributed by atoms with van der Waals surface area (Å²) in [5.74, 6) is 0. The Labute approximate surface area is 440 Å². The summed E-state index contributed by atoms with van der Waals surface area (Å²) in [7, 11) is -3.84. The van der Waals surface area contributed by atoms with Gasteiger partial charge in [-0.2, -0.15) is 8.42 Å². The first kappa shape index (κ1) is 68.9. The van der Waals surface area contributed by atoms with Crippen molar-refractivity contribution in [2.24, 2.45) is 0 Å². The van der Waals surface area contributed by atoms with Crippen molar-refractivity contribution in [3.8, 4) is 0 Å². The first-order valence-electron chi connectivity index (χ1n) is 30.7. The van der Waals surface area contributed by atoms with Gasteiger partial charge < -0.3 is 0 Å². The maximum atomic E-state index is 12.1. The molecule has 0 unspecified atom stereocenters. The van der Waals surface area contributed by atoms with Gasteiger partial charge in [-0.15, -0.1) is 0 Å². The zero-order chi connectivity index (χ0) is 46.9. The third kappa shape index (κ3) is 62.9. The fraction of sp³-hybridized carbons (Fsp3) is 1.00. The molecule has 0 aromatic carbocycles. The molecule has 0 aliphatic carbocycles. The third-order valence-corrected chi connectivity index (χ3v) is 15.4. The topological polar surface area (TPSA) is 52.6 Å². The zero-order valence-corrected chi connectivity index (χ0v) is 48.9. The predicted octanol–water partition coefficient (Wildman–Crippen LogP) is 21.8. The monoisotopic (exact) mass is 962 g/mol. The van der Waals surface area contributed by atoms with E-state index in [2.05, 4.69) is 13.8 Å². The SMILES string of the molecule is CCCCCCCCCCCCCCCCCCCCCCCCCCCCCCOS(=O)(=O)OCCCCCCCCCCCCCCCCCCCCCCCCCCCCCC.[Na]. The number of hydrogen-bond donors (Lipinski definition) is 0. The molecular formula is C60H122NaO4S. The molecule has 0 aromatic rings. The van der Waals surface area contributed by atoms with Crippen molar-refractivity contribution in [3.05, 3.63) is 0 Å². The molecule has 66 heavy (non-hydrogen) atoms. The number of hydrogen-bond acceptors (Lipinski definition) is 4. The Balaban J connectivity index is 0. The molecule has 0 saturated carbocycles. The fourth-order valence-corrected chi connectivity index (χ4v) is 10.6. The standard InChI is InChI=1S/C60H122O4S.Na/c1-3-5-7-9-11-13-15-17-19-21-23-25-27-29-31-33-35-37-39-41-43-45-47-49-51-53-55-57-59-63-65(61,62)64-60-58-56-54-52-50-48-46-44-42-40-38-36-34-32-30-28-26-24-22-20-18-16-14-12-10-8-6-4-2;/h3-60H2,1-2H3;. The van der Waals surface area contributed by atoms with Crippen LogP contribution in [0.1, 0.15) is 373 Å². The van der Waals surface area contributed by atoms with Crippen molar-refractivity contribution >= 4 is 40.0 Å². The van der Waals surface area contributed by atoms with E-state index < -0.39 is 10.4 Å². The minimum atomic E-state index is -3.84. The van der Waals surface area contributed by atoms with Crippen molar-refractivity contribution in [2.45, 2.75) is 373 Å². The Morgan fingerprint density at radius 2 is 0.303 bits per heavy atom. The third-order valence-electron chi connectivity index (χ3n) is 14.5. The Hall–Kier alpha value is 0.870. The van der Waals surface area contributed by atoms with E-state index in [0.717, 1.165) is 25.7 Å². The normalized spacial score (nSPS) is 11.8. The van der Waals surface area contributed by atoms with Crippen molar-refractivity contribution < 1.29 is 16.8 Å². The second-order valence-electron chi connectivity index (χ2n) is 21.1. The fourth-order valence-electron chi connectivity index (χ4n) is 9.90. The van der Waals surface area contributed by atoms with Crippen LogP contribution in [0, 0.1) is 0 Å². The van der Waals surface area contributed by atoms with Crippen LogP contribution in [0.3, 0.4) is 0 Å². The Kier molecular flexibility index (Phi) is 64.8. The van der Waals surface area contributed by atoms with Crippen LogP contribution in [0.25, 0.3) is 0 Å². The maximum Gasteiger partial charge on any atom is 0.399 e. The van der Waals surface area contributed by atoms with Gasteiger partial charge >= 0.3 is 10.4 Å². The van der Waals surface area contributed by atoms with Gasteiger partial charge in [-0.05, 0) is 12.8 Å². The summed E-state index contributed by atoms with van der Waals surface area (Å²) in [5.41, 5.74) is 0. The Bertz CT molecular complexity index is 877.